The largest absolute Gasteiger partial charge is 0.369 e. The van der Waals surface area contributed by atoms with E-state index in [4.69, 9.17) is 0 Å². The number of hydrogen-bond acceptors (Lipinski definition) is 3. The summed E-state index contributed by atoms with van der Waals surface area (Å²) in [6.45, 7) is 5.35. The molecular weight excluding hydrogens is 330 g/mol. The van der Waals surface area contributed by atoms with E-state index < -0.39 is 0 Å². The third kappa shape index (κ3) is 2.08. The lowest BCUT2D eigenvalue weighted by Gasteiger charge is -2.61. The second-order valence-corrected chi connectivity index (χ2v) is 7.73. The molecule has 2 saturated heterocycles. The molecule has 0 radical (unpaired) electrons. The summed E-state index contributed by atoms with van der Waals surface area (Å²) >= 11 is 3.55. The second-order valence-electron chi connectivity index (χ2n) is 6.87. The number of carbonyl (C=O) groups is 1. The summed E-state index contributed by atoms with van der Waals surface area (Å²) in [7, 11) is 0. The van der Waals surface area contributed by atoms with Crippen LogP contribution in [0.4, 0.5) is 5.69 Å². The van der Waals surface area contributed by atoms with E-state index in [9.17, 15) is 4.79 Å². The molecule has 1 spiro atoms. The van der Waals surface area contributed by atoms with Crippen LogP contribution >= 0.6 is 15.9 Å². The minimum Gasteiger partial charge on any atom is -0.369 e. The van der Waals surface area contributed by atoms with Gasteiger partial charge in [-0.1, -0.05) is 0 Å². The SMILES string of the molecule is Cc1c(Br)cncc1N1CC2(CC(N3CCCC3=O)C2)C1. The Morgan fingerprint density at radius 2 is 2.10 bits per heavy atom. The van der Waals surface area contributed by atoms with E-state index in [1.165, 1.54) is 24.1 Å². The summed E-state index contributed by atoms with van der Waals surface area (Å²) in [5.41, 5.74) is 2.98. The van der Waals surface area contributed by atoms with E-state index in [-0.39, 0.29) is 0 Å². The quantitative estimate of drug-likeness (QED) is 0.823. The monoisotopic (exact) mass is 349 g/mol. The summed E-state index contributed by atoms with van der Waals surface area (Å²) in [4.78, 5) is 20.6. The molecule has 1 saturated carbocycles. The molecule has 3 fully saturated rings. The van der Waals surface area contributed by atoms with Gasteiger partial charge in [-0.25, -0.2) is 0 Å². The van der Waals surface area contributed by atoms with Gasteiger partial charge in [0.05, 0.1) is 11.9 Å². The first-order chi connectivity index (χ1) is 10.1. The third-order valence-corrected chi connectivity index (χ3v) is 6.21. The summed E-state index contributed by atoms with van der Waals surface area (Å²) < 4.78 is 1.08. The predicted octanol–water partition coefficient (Wildman–Crippen LogP) is 2.74. The Labute approximate surface area is 133 Å². The van der Waals surface area contributed by atoms with Crippen LogP contribution in [0.5, 0.6) is 0 Å². The van der Waals surface area contributed by atoms with E-state index in [0.717, 1.165) is 36.9 Å². The van der Waals surface area contributed by atoms with Gasteiger partial charge < -0.3 is 9.80 Å². The van der Waals surface area contributed by atoms with Crippen molar-refractivity contribution < 1.29 is 4.79 Å². The maximum Gasteiger partial charge on any atom is 0.222 e. The Hall–Kier alpha value is -1.10. The topological polar surface area (TPSA) is 36.4 Å². The van der Waals surface area contributed by atoms with E-state index >= 15 is 0 Å². The van der Waals surface area contributed by atoms with Gasteiger partial charge in [-0.3, -0.25) is 9.78 Å². The molecule has 5 heteroatoms. The molecule has 3 heterocycles. The van der Waals surface area contributed by atoms with Crippen molar-refractivity contribution in [2.24, 2.45) is 5.41 Å². The number of nitrogens with zero attached hydrogens (tertiary/aromatic N) is 3. The van der Waals surface area contributed by atoms with Gasteiger partial charge in [0.1, 0.15) is 0 Å². The smallest absolute Gasteiger partial charge is 0.222 e. The fraction of sp³-hybridized carbons (Fsp3) is 0.625. The summed E-state index contributed by atoms with van der Waals surface area (Å²) in [5, 5.41) is 0. The number of anilines is 1. The molecule has 1 amide bonds. The fourth-order valence-corrected chi connectivity index (χ4v) is 4.54. The molecule has 1 aromatic rings. The standard InChI is InChI=1S/C16H20BrN3O/c1-11-13(17)7-18-8-14(11)19-9-16(10-19)5-12(6-16)20-4-2-3-15(20)21/h7-8,12H,2-6,9-10H2,1H3. The van der Waals surface area contributed by atoms with Gasteiger partial charge in [0.2, 0.25) is 5.91 Å². The number of hydrogen-bond donors (Lipinski definition) is 0. The summed E-state index contributed by atoms with van der Waals surface area (Å²) in [6, 6.07) is 0.517. The zero-order valence-electron chi connectivity index (χ0n) is 12.3. The molecule has 0 bridgehead atoms. The lowest BCUT2D eigenvalue weighted by Crippen LogP contribution is -2.67. The Bertz CT molecular complexity index is 589. The fourth-order valence-electron chi connectivity index (χ4n) is 4.22. The number of halogens is 1. The van der Waals surface area contributed by atoms with Crippen LogP contribution in [0.1, 0.15) is 31.2 Å². The van der Waals surface area contributed by atoms with Crippen molar-refractivity contribution in [1.29, 1.82) is 0 Å². The zero-order valence-corrected chi connectivity index (χ0v) is 13.9. The van der Waals surface area contributed by atoms with Gasteiger partial charge in [-0.2, -0.15) is 0 Å². The normalized spacial score (nSPS) is 24.4. The highest BCUT2D eigenvalue weighted by Crippen LogP contribution is 2.52. The van der Waals surface area contributed by atoms with Crippen LogP contribution in [-0.2, 0) is 4.79 Å². The van der Waals surface area contributed by atoms with Gasteiger partial charge in [0, 0.05) is 48.2 Å². The molecule has 112 valence electrons. The second kappa shape index (κ2) is 4.70. The van der Waals surface area contributed by atoms with Crippen LogP contribution in [0.3, 0.4) is 0 Å². The van der Waals surface area contributed by atoms with Gasteiger partial charge in [0.25, 0.3) is 0 Å². The first-order valence-electron chi connectivity index (χ1n) is 7.73. The highest BCUT2D eigenvalue weighted by Gasteiger charge is 2.55. The molecule has 2 aliphatic heterocycles. The Balaban J connectivity index is 1.38. The lowest BCUT2D eigenvalue weighted by molar-refractivity contribution is -0.135. The molecule has 21 heavy (non-hydrogen) atoms. The van der Waals surface area contributed by atoms with E-state index in [1.54, 1.807) is 0 Å². The highest BCUT2D eigenvalue weighted by molar-refractivity contribution is 9.10. The zero-order chi connectivity index (χ0) is 14.6. The Kier molecular flexibility index (Phi) is 3.03. The van der Waals surface area contributed by atoms with E-state index in [0.29, 0.717) is 17.4 Å². The maximum atomic E-state index is 11.8. The first kappa shape index (κ1) is 13.6. The van der Waals surface area contributed by atoms with Crippen LogP contribution in [0, 0.1) is 12.3 Å². The minimum atomic E-state index is 0.373. The molecule has 3 aliphatic rings. The Morgan fingerprint density at radius 3 is 2.76 bits per heavy atom. The Morgan fingerprint density at radius 1 is 1.33 bits per heavy atom. The van der Waals surface area contributed by atoms with Gasteiger partial charge in [-0.05, 0) is 47.7 Å². The predicted molar refractivity (Wildman–Crippen MR) is 85.3 cm³/mol. The average Bonchev–Trinajstić information content (AvgIpc) is 2.77. The van der Waals surface area contributed by atoms with Crippen LogP contribution < -0.4 is 4.90 Å². The van der Waals surface area contributed by atoms with Gasteiger partial charge in [-0.15, -0.1) is 0 Å². The van der Waals surface area contributed by atoms with Crippen LogP contribution in [-0.4, -0.2) is 41.5 Å². The highest BCUT2D eigenvalue weighted by atomic mass is 79.9. The van der Waals surface area contributed by atoms with Gasteiger partial charge in [0.15, 0.2) is 0 Å². The lowest BCUT2D eigenvalue weighted by atomic mass is 9.60. The van der Waals surface area contributed by atoms with Crippen LogP contribution in [0.25, 0.3) is 0 Å². The average molecular weight is 350 g/mol. The molecule has 0 aromatic carbocycles. The maximum absolute atomic E-state index is 11.8. The van der Waals surface area contributed by atoms with Crippen molar-refractivity contribution in [3.8, 4) is 0 Å². The van der Waals surface area contributed by atoms with Crippen molar-refractivity contribution in [2.75, 3.05) is 24.5 Å². The summed E-state index contributed by atoms with van der Waals surface area (Å²) in [6.07, 6.45) is 8.02. The number of likely N-dealkylation sites (tertiary alicyclic amines) is 1. The van der Waals surface area contributed by atoms with Crippen molar-refractivity contribution in [3.63, 3.8) is 0 Å². The minimum absolute atomic E-state index is 0.373. The molecule has 1 aliphatic carbocycles. The molecule has 0 atom stereocenters. The van der Waals surface area contributed by atoms with Gasteiger partial charge >= 0.3 is 0 Å². The molecule has 0 N–H and O–H groups in total. The van der Waals surface area contributed by atoms with Crippen molar-refractivity contribution in [1.82, 2.24) is 9.88 Å². The molecule has 1 aromatic heterocycles. The summed E-state index contributed by atoms with van der Waals surface area (Å²) in [5.74, 6) is 0.373. The van der Waals surface area contributed by atoms with Crippen molar-refractivity contribution in [2.45, 2.75) is 38.6 Å². The molecule has 0 unspecified atom stereocenters. The molecule has 4 rings (SSSR count). The van der Waals surface area contributed by atoms with E-state index in [1.807, 2.05) is 12.4 Å². The van der Waals surface area contributed by atoms with E-state index in [2.05, 4.69) is 37.6 Å². The van der Waals surface area contributed by atoms with Crippen molar-refractivity contribution in [3.05, 3.63) is 22.4 Å². The van der Waals surface area contributed by atoms with Crippen LogP contribution in [0.2, 0.25) is 0 Å². The third-order valence-electron chi connectivity index (χ3n) is 5.41. The van der Waals surface area contributed by atoms with Crippen LogP contribution in [0.15, 0.2) is 16.9 Å². The number of pyridine rings is 1. The molecular formula is C16H20BrN3O. The molecule has 4 nitrogen and oxygen atoms in total. The van der Waals surface area contributed by atoms with Crippen molar-refractivity contribution >= 4 is 27.5 Å². The number of amides is 1. The number of rotatable bonds is 2. The first-order valence-corrected chi connectivity index (χ1v) is 8.52. The number of carbonyl (C=O) groups excluding carboxylic acids is 1. The number of aromatic nitrogens is 1.